The summed E-state index contributed by atoms with van der Waals surface area (Å²) in [4.78, 5) is 15.5. The zero-order valence-electron chi connectivity index (χ0n) is 9.13. The maximum absolute atomic E-state index is 10.4. The lowest BCUT2D eigenvalue weighted by molar-refractivity contribution is -0.159. The average molecular weight is 222 g/mol. The molecular formula is C11H16N3O2+. The number of hydrogen-bond acceptors (Lipinski definition) is 4. The summed E-state index contributed by atoms with van der Waals surface area (Å²) < 4.78 is 0.198. The average Bonchev–Trinajstić information content (AvgIpc) is 2.31. The summed E-state index contributed by atoms with van der Waals surface area (Å²) >= 11 is 0. The highest BCUT2D eigenvalue weighted by molar-refractivity contribution is 5.49. The van der Waals surface area contributed by atoms with Gasteiger partial charge in [-0.1, -0.05) is 4.65 Å². The first kappa shape index (κ1) is 10.9. The number of nitrogen functional groups attached to an aromatic ring is 1. The van der Waals surface area contributed by atoms with Gasteiger partial charge in [0.25, 0.3) is 0 Å². The normalized spacial score (nSPS) is 19.0. The van der Waals surface area contributed by atoms with Crippen LogP contribution in [-0.2, 0) is 4.94 Å². The summed E-state index contributed by atoms with van der Waals surface area (Å²) in [5.41, 5.74) is 7.29. The standard InChI is InChI=1S/C11H16N3O2/c12-10-4-6-11(7-5-10)14(16-13-15)8-2-1-3-9-14/h4-7H,1-3,8-9,12H2/q+1. The van der Waals surface area contributed by atoms with Crippen molar-refractivity contribution in [2.45, 2.75) is 19.3 Å². The zero-order valence-corrected chi connectivity index (χ0v) is 9.13. The monoisotopic (exact) mass is 222 g/mol. The molecule has 0 radical (unpaired) electrons. The van der Waals surface area contributed by atoms with Crippen molar-refractivity contribution in [1.82, 2.24) is 4.65 Å². The highest BCUT2D eigenvalue weighted by Crippen LogP contribution is 2.29. The van der Waals surface area contributed by atoms with Gasteiger partial charge in [0, 0.05) is 30.7 Å². The number of nitrogens with zero attached hydrogens (tertiary/aromatic N) is 2. The van der Waals surface area contributed by atoms with Crippen molar-refractivity contribution in [1.29, 1.82) is 0 Å². The molecule has 1 aliphatic heterocycles. The Labute approximate surface area is 94.3 Å². The van der Waals surface area contributed by atoms with Gasteiger partial charge in [0.1, 0.15) is 13.1 Å². The number of hydrogen-bond donors (Lipinski definition) is 1. The third-order valence-corrected chi connectivity index (χ3v) is 3.09. The quantitative estimate of drug-likeness (QED) is 0.369. The van der Waals surface area contributed by atoms with Crippen LogP contribution in [0.2, 0.25) is 0 Å². The van der Waals surface area contributed by atoms with Gasteiger partial charge in [-0.15, -0.1) is 4.91 Å². The van der Waals surface area contributed by atoms with Gasteiger partial charge in [-0.25, -0.2) is 0 Å². The lowest BCUT2D eigenvalue weighted by Crippen LogP contribution is -2.51. The van der Waals surface area contributed by atoms with Crippen molar-refractivity contribution in [2.24, 2.45) is 5.34 Å². The predicted octanol–water partition coefficient (Wildman–Crippen LogP) is 2.37. The molecule has 1 aromatic carbocycles. The lowest BCUT2D eigenvalue weighted by Gasteiger charge is -2.33. The van der Waals surface area contributed by atoms with Crippen LogP contribution in [0.3, 0.4) is 0 Å². The highest BCUT2D eigenvalue weighted by atomic mass is 16.9. The Hall–Kier alpha value is -1.62. The van der Waals surface area contributed by atoms with E-state index in [2.05, 4.69) is 5.34 Å². The molecule has 5 heteroatoms. The Balaban J connectivity index is 2.30. The molecule has 0 unspecified atom stereocenters. The number of nitrogens with two attached hydrogens (primary N) is 1. The number of rotatable bonds is 3. The van der Waals surface area contributed by atoms with E-state index in [0.29, 0.717) is 5.69 Å². The summed E-state index contributed by atoms with van der Waals surface area (Å²) in [6, 6.07) is 7.42. The maximum atomic E-state index is 10.4. The van der Waals surface area contributed by atoms with Gasteiger partial charge in [-0.3, -0.25) is 0 Å². The Bertz CT molecular complexity index is 358. The van der Waals surface area contributed by atoms with Crippen molar-refractivity contribution in [3.05, 3.63) is 29.2 Å². The topological polar surface area (TPSA) is 64.7 Å². The second kappa shape index (κ2) is 4.49. The first-order valence-electron chi connectivity index (χ1n) is 5.51. The van der Waals surface area contributed by atoms with E-state index in [-0.39, 0.29) is 4.65 Å². The molecule has 1 heterocycles. The fourth-order valence-corrected chi connectivity index (χ4v) is 2.22. The summed E-state index contributed by atoms with van der Waals surface area (Å²) in [7, 11) is 0. The molecular weight excluding hydrogens is 206 g/mol. The smallest absolute Gasteiger partial charge is 0.213 e. The Morgan fingerprint density at radius 2 is 1.75 bits per heavy atom. The molecule has 0 spiro atoms. The molecule has 0 amide bonds. The molecule has 0 aliphatic carbocycles. The lowest BCUT2D eigenvalue weighted by atomic mass is 10.1. The van der Waals surface area contributed by atoms with Crippen LogP contribution in [0.4, 0.5) is 11.4 Å². The first-order valence-corrected chi connectivity index (χ1v) is 5.51. The van der Waals surface area contributed by atoms with E-state index in [1.165, 1.54) is 6.42 Å². The predicted molar refractivity (Wildman–Crippen MR) is 63.1 cm³/mol. The van der Waals surface area contributed by atoms with Crippen molar-refractivity contribution >= 4 is 11.4 Å². The number of hydroxylamine groups is 2. The van der Waals surface area contributed by atoms with Gasteiger partial charge in [0.05, 0.1) is 0 Å². The minimum atomic E-state index is 0.198. The molecule has 1 fully saturated rings. The number of benzene rings is 1. The van der Waals surface area contributed by atoms with Crippen LogP contribution in [0.1, 0.15) is 19.3 Å². The molecule has 86 valence electrons. The second-order valence-electron chi connectivity index (χ2n) is 4.14. The third kappa shape index (κ3) is 1.99. The molecule has 2 rings (SSSR count). The number of piperidine rings is 1. The Morgan fingerprint density at radius 1 is 1.12 bits per heavy atom. The van der Waals surface area contributed by atoms with Crippen LogP contribution in [0.15, 0.2) is 29.6 Å². The minimum absolute atomic E-state index is 0.198. The van der Waals surface area contributed by atoms with Crippen LogP contribution in [0.5, 0.6) is 0 Å². The largest absolute Gasteiger partial charge is 0.399 e. The van der Waals surface area contributed by atoms with Gasteiger partial charge in [0.2, 0.25) is 5.34 Å². The van der Waals surface area contributed by atoms with E-state index in [1.807, 2.05) is 24.3 Å². The van der Waals surface area contributed by atoms with Crippen LogP contribution >= 0.6 is 0 Å². The Kier molecular flexibility index (Phi) is 3.05. The SMILES string of the molecule is Nc1ccc([N+]2(ON=O)CCCCC2)cc1. The van der Waals surface area contributed by atoms with E-state index in [1.54, 1.807) is 0 Å². The summed E-state index contributed by atoms with van der Waals surface area (Å²) in [5, 5.41) is 2.62. The van der Waals surface area contributed by atoms with E-state index < -0.39 is 0 Å². The second-order valence-corrected chi connectivity index (χ2v) is 4.14. The molecule has 1 aliphatic rings. The van der Waals surface area contributed by atoms with Gasteiger partial charge in [-0.05, 0) is 18.6 Å². The van der Waals surface area contributed by atoms with Crippen LogP contribution in [0.25, 0.3) is 0 Å². The summed E-state index contributed by atoms with van der Waals surface area (Å²) in [6.45, 7) is 1.57. The summed E-state index contributed by atoms with van der Waals surface area (Å²) in [6.07, 6.45) is 3.26. The molecule has 1 aromatic rings. The van der Waals surface area contributed by atoms with E-state index in [0.717, 1.165) is 31.6 Å². The molecule has 0 atom stereocenters. The van der Waals surface area contributed by atoms with E-state index >= 15 is 0 Å². The van der Waals surface area contributed by atoms with Crippen LogP contribution in [-0.4, -0.2) is 13.1 Å². The van der Waals surface area contributed by atoms with Crippen molar-refractivity contribution in [3.63, 3.8) is 0 Å². The van der Waals surface area contributed by atoms with Gasteiger partial charge in [0.15, 0.2) is 5.69 Å². The number of anilines is 1. The fraction of sp³-hybridized carbons (Fsp3) is 0.455. The Morgan fingerprint density at radius 3 is 2.31 bits per heavy atom. The number of quaternary nitrogens is 1. The molecule has 2 N–H and O–H groups in total. The molecule has 16 heavy (non-hydrogen) atoms. The molecule has 0 aromatic heterocycles. The fourth-order valence-electron chi connectivity index (χ4n) is 2.22. The van der Waals surface area contributed by atoms with Crippen LogP contribution in [0, 0.1) is 4.91 Å². The van der Waals surface area contributed by atoms with Crippen LogP contribution < -0.4 is 10.4 Å². The molecule has 0 saturated carbocycles. The minimum Gasteiger partial charge on any atom is -0.399 e. The molecule has 1 saturated heterocycles. The van der Waals surface area contributed by atoms with E-state index in [4.69, 9.17) is 10.7 Å². The maximum Gasteiger partial charge on any atom is 0.213 e. The third-order valence-electron chi connectivity index (χ3n) is 3.09. The van der Waals surface area contributed by atoms with Crippen molar-refractivity contribution in [2.75, 3.05) is 18.8 Å². The van der Waals surface area contributed by atoms with E-state index in [9.17, 15) is 4.91 Å². The van der Waals surface area contributed by atoms with Crippen molar-refractivity contribution < 1.29 is 4.94 Å². The molecule has 5 nitrogen and oxygen atoms in total. The zero-order chi connectivity index (χ0) is 11.4. The highest BCUT2D eigenvalue weighted by Gasteiger charge is 2.37. The van der Waals surface area contributed by atoms with Gasteiger partial charge in [-0.2, -0.15) is 4.94 Å². The van der Waals surface area contributed by atoms with Gasteiger partial charge < -0.3 is 5.73 Å². The molecule has 0 bridgehead atoms. The first-order chi connectivity index (χ1) is 7.77. The summed E-state index contributed by atoms with van der Waals surface area (Å²) in [5.74, 6) is 0. The van der Waals surface area contributed by atoms with Gasteiger partial charge >= 0.3 is 0 Å². The van der Waals surface area contributed by atoms with Crippen molar-refractivity contribution in [3.8, 4) is 0 Å².